The molecule has 0 amide bonds. The first-order valence-corrected chi connectivity index (χ1v) is 7.28. The van der Waals surface area contributed by atoms with Crippen LogP contribution in [0, 0.1) is 5.92 Å². The van der Waals surface area contributed by atoms with Crippen LogP contribution in [0.3, 0.4) is 0 Å². The minimum atomic E-state index is -0.0665. The molecule has 1 aliphatic rings. The number of methoxy groups -OCH3 is 1. The number of hydrogen-bond donors (Lipinski definition) is 2. The Morgan fingerprint density at radius 2 is 2.10 bits per heavy atom. The van der Waals surface area contributed by atoms with E-state index in [1.165, 1.54) is 7.11 Å². The van der Waals surface area contributed by atoms with Crippen LogP contribution in [0.25, 0.3) is 0 Å². The Hall–Kier alpha value is -1.55. The zero-order chi connectivity index (χ0) is 14.4. The lowest BCUT2D eigenvalue weighted by atomic mass is 9.86. The molecule has 0 atom stereocenters. The minimum absolute atomic E-state index is 0.0665. The van der Waals surface area contributed by atoms with Crippen LogP contribution in [0.1, 0.15) is 31.2 Å². The molecule has 2 rings (SSSR count). The molecule has 0 spiro atoms. The van der Waals surface area contributed by atoms with E-state index in [0.717, 1.165) is 44.2 Å². The van der Waals surface area contributed by atoms with Crippen molar-refractivity contribution >= 4 is 5.97 Å². The molecule has 1 fully saturated rings. The van der Waals surface area contributed by atoms with Gasteiger partial charge in [0.05, 0.1) is 13.0 Å². The van der Waals surface area contributed by atoms with Crippen LogP contribution in [0.15, 0.2) is 24.3 Å². The van der Waals surface area contributed by atoms with Gasteiger partial charge in [-0.1, -0.05) is 12.1 Å². The molecule has 0 aliphatic heterocycles. The average molecular weight is 277 g/mol. The highest BCUT2D eigenvalue weighted by Crippen LogP contribution is 2.25. The molecular weight excluding hydrogens is 254 g/mol. The molecule has 1 aromatic carbocycles. The largest absolute Gasteiger partial charge is 0.508 e. The van der Waals surface area contributed by atoms with Gasteiger partial charge in [0.1, 0.15) is 5.75 Å². The molecule has 0 bridgehead atoms. The molecule has 4 heteroatoms. The van der Waals surface area contributed by atoms with Gasteiger partial charge >= 0.3 is 5.97 Å². The van der Waals surface area contributed by atoms with Crippen molar-refractivity contribution in [1.82, 2.24) is 5.32 Å². The summed E-state index contributed by atoms with van der Waals surface area (Å²) in [6.07, 6.45) is 4.79. The summed E-state index contributed by atoms with van der Waals surface area (Å²) in [4.78, 5) is 11.4. The summed E-state index contributed by atoms with van der Waals surface area (Å²) in [5.74, 6) is 0.341. The van der Waals surface area contributed by atoms with E-state index in [1.54, 1.807) is 12.1 Å². The number of benzene rings is 1. The summed E-state index contributed by atoms with van der Waals surface area (Å²) < 4.78 is 4.79. The topological polar surface area (TPSA) is 58.6 Å². The van der Waals surface area contributed by atoms with E-state index in [0.29, 0.717) is 11.8 Å². The van der Waals surface area contributed by atoms with Crippen molar-refractivity contribution in [3.63, 3.8) is 0 Å². The average Bonchev–Trinajstić information content (AvgIpc) is 2.47. The van der Waals surface area contributed by atoms with Gasteiger partial charge in [-0.2, -0.15) is 0 Å². The molecule has 0 saturated heterocycles. The Bertz CT molecular complexity index is 439. The molecule has 0 heterocycles. The highest BCUT2D eigenvalue weighted by Gasteiger charge is 2.26. The molecule has 1 saturated carbocycles. The molecule has 0 radical (unpaired) electrons. The third kappa shape index (κ3) is 4.23. The van der Waals surface area contributed by atoms with Gasteiger partial charge in [0, 0.05) is 6.04 Å². The van der Waals surface area contributed by atoms with E-state index in [9.17, 15) is 9.90 Å². The second kappa shape index (κ2) is 7.29. The van der Waals surface area contributed by atoms with E-state index in [4.69, 9.17) is 4.74 Å². The molecule has 0 unspecified atom stereocenters. The minimum Gasteiger partial charge on any atom is -0.508 e. The fraction of sp³-hybridized carbons (Fsp3) is 0.562. The molecule has 1 aliphatic carbocycles. The second-order valence-corrected chi connectivity index (χ2v) is 5.45. The number of rotatable bonds is 5. The van der Waals surface area contributed by atoms with E-state index in [2.05, 4.69) is 5.32 Å². The molecule has 20 heavy (non-hydrogen) atoms. The van der Waals surface area contributed by atoms with E-state index in [1.807, 2.05) is 12.1 Å². The lowest BCUT2D eigenvalue weighted by Crippen LogP contribution is -2.36. The summed E-state index contributed by atoms with van der Waals surface area (Å²) in [5.41, 5.74) is 1.14. The summed E-state index contributed by atoms with van der Waals surface area (Å²) in [5, 5.41) is 12.9. The Balaban J connectivity index is 1.67. The van der Waals surface area contributed by atoms with Crippen LogP contribution < -0.4 is 5.32 Å². The number of aromatic hydroxyl groups is 1. The first-order chi connectivity index (χ1) is 9.69. The van der Waals surface area contributed by atoms with Gasteiger partial charge in [-0.15, -0.1) is 0 Å². The Labute approximate surface area is 120 Å². The SMILES string of the molecule is COC(=O)C1CCC(NCCc2cccc(O)c2)CC1. The van der Waals surface area contributed by atoms with Crippen LogP contribution in [-0.4, -0.2) is 30.8 Å². The van der Waals surface area contributed by atoms with Gasteiger partial charge in [-0.3, -0.25) is 4.79 Å². The van der Waals surface area contributed by atoms with Crippen LogP contribution in [-0.2, 0) is 16.0 Å². The van der Waals surface area contributed by atoms with Gasteiger partial charge in [-0.25, -0.2) is 0 Å². The molecule has 0 aromatic heterocycles. The van der Waals surface area contributed by atoms with Gasteiger partial charge in [-0.05, 0) is 56.3 Å². The predicted octanol–water partition coefficient (Wildman–Crippen LogP) is 2.26. The van der Waals surface area contributed by atoms with Crippen molar-refractivity contribution in [3.05, 3.63) is 29.8 Å². The number of esters is 1. The quantitative estimate of drug-likeness (QED) is 0.811. The van der Waals surface area contributed by atoms with Crippen LogP contribution >= 0.6 is 0 Å². The number of phenolic OH excluding ortho intramolecular Hbond substituents is 1. The molecular formula is C16H23NO3. The van der Waals surface area contributed by atoms with Crippen molar-refractivity contribution in [1.29, 1.82) is 0 Å². The van der Waals surface area contributed by atoms with Crippen molar-refractivity contribution in [2.75, 3.05) is 13.7 Å². The van der Waals surface area contributed by atoms with Gasteiger partial charge in [0.2, 0.25) is 0 Å². The third-order valence-corrected chi connectivity index (χ3v) is 4.02. The zero-order valence-corrected chi connectivity index (χ0v) is 12.0. The van der Waals surface area contributed by atoms with Crippen molar-refractivity contribution in [2.24, 2.45) is 5.92 Å². The summed E-state index contributed by atoms with van der Waals surface area (Å²) in [7, 11) is 1.46. The highest BCUT2D eigenvalue weighted by molar-refractivity contribution is 5.72. The summed E-state index contributed by atoms with van der Waals surface area (Å²) in [6, 6.07) is 7.87. The standard InChI is InChI=1S/C16H23NO3/c1-20-16(19)13-5-7-14(8-6-13)17-10-9-12-3-2-4-15(18)11-12/h2-4,11,13-14,17-18H,5-10H2,1H3. The first-order valence-electron chi connectivity index (χ1n) is 7.28. The number of carbonyl (C=O) groups excluding carboxylic acids is 1. The van der Waals surface area contributed by atoms with E-state index >= 15 is 0 Å². The fourth-order valence-corrected chi connectivity index (χ4v) is 2.83. The molecule has 4 nitrogen and oxygen atoms in total. The van der Waals surface area contributed by atoms with Crippen molar-refractivity contribution in [3.8, 4) is 5.75 Å². The number of ether oxygens (including phenoxy) is 1. The van der Waals surface area contributed by atoms with Gasteiger partial charge in [0.25, 0.3) is 0 Å². The number of phenols is 1. The van der Waals surface area contributed by atoms with E-state index in [-0.39, 0.29) is 11.9 Å². The third-order valence-electron chi connectivity index (χ3n) is 4.02. The smallest absolute Gasteiger partial charge is 0.308 e. The van der Waals surface area contributed by atoms with Crippen LogP contribution in [0.5, 0.6) is 5.75 Å². The van der Waals surface area contributed by atoms with E-state index < -0.39 is 0 Å². The normalized spacial score (nSPS) is 22.4. The molecule has 2 N–H and O–H groups in total. The van der Waals surface area contributed by atoms with Gasteiger partial charge in [0.15, 0.2) is 0 Å². The fourth-order valence-electron chi connectivity index (χ4n) is 2.83. The van der Waals surface area contributed by atoms with Crippen molar-refractivity contribution in [2.45, 2.75) is 38.1 Å². The number of hydrogen-bond acceptors (Lipinski definition) is 4. The second-order valence-electron chi connectivity index (χ2n) is 5.45. The maximum absolute atomic E-state index is 11.4. The number of carbonyl (C=O) groups is 1. The Kier molecular flexibility index (Phi) is 5.41. The van der Waals surface area contributed by atoms with Crippen LogP contribution in [0.2, 0.25) is 0 Å². The first kappa shape index (κ1) is 14.9. The maximum Gasteiger partial charge on any atom is 0.308 e. The maximum atomic E-state index is 11.4. The molecule has 110 valence electrons. The summed E-state index contributed by atoms with van der Waals surface area (Å²) in [6.45, 7) is 0.900. The summed E-state index contributed by atoms with van der Waals surface area (Å²) >= 11 is 0. The van der Waals surface area contributed by atoms with Gasteiger partial charge < -0.3 is 15.2 Å². The van der Waals surface area contributed by atoms with Crippen molar-refractivity contribution < 1.29 is 14.6 Å². The number of nitrogens with one attached hydrogen (secondary N) is 1. The predicted molar refractivity (Wildman–Crippen MR) is 77.6 cm³/mol. The highest BCUT2D eigenvalue weighted by atomic mass is 16.5. The Morgan fingerprint density at radius 3 is 2.75 bits per heavy atom. The lowest BCUT2D eigenvalue weighted by Gasteiger charge is -2.27. The lowest BCUT2D eigenvalue weighted by molar-refractivity contribution is -0.146. The monoisotopic (exact) mass is 277 g/mol. The zero-order valence-electron chi connectivity index (χ0n) is 12.0. The Morgan fingerprint density at radius 1 is 1.35 bits per heavy atom. The molecule has 1 aromatic rings. The van der Waals surface area contributed by atoms with Crippen LogP contribution in [0.4, 0.5) is 0 Å².